The number of carbonyl (C=O) groups is 2. The summed E-state index contributed by atoms with van der Waals surface area (Å²) >= 11 is 0. The molecule has 0 aliphatic carbocycles. The second-order valence-electron chi connectivity index (χ2n) is 6.87. The van der Waals surface area contributed by atoms with Gasteiger partial charge < -0.3 is 20.2 Å². The Hall–Kier alpha value is -1.14. The molecule has 3 N–H and O–H groups in total. The lowest BCUT2D eigenvalue weighted by Gasteiger charge is -2.20. The number of amides is 1. The molecule has 0 bridgehead atoms. The molecule has 0 rings (SSSR count). The van der Waals surface area contributed by atoms with Gasteiger partial charge in [-0.1, -0.05) is 41.5 Å². The van der Waals surface area contributed by atoms with E-state index in [1.807, 2.05) is 25.8 Å². The van der Waals surface area contributed by atoms with Crippen LogP contribution in [0.3, 0.4) is 0 Å². The highest BCUT2D eigenvalue weighted by atomic mass is 16.4. The van der Waals surface area contributed by atoms with Crippen molar-refractivity contribution in [1.29, 1.82) is 0 Å². The summed E-state index contributed by atoms with van der Waals surface area (Å²) in [4.78, 5) is 22.6. The summed E-state index contributed by atoms with van der Waals surface area (Å²) in [7, 11) is 1.88. The topological polar surface area (TPSA) is 98.1 Å². The van der Waals surface area contributed by atoms with Gasteiger partial charge in [-0.15, -0.1) is 0 Å². The standard InChI is InChI=1S/C10H21NO.C5H12O.C3H6O3/c1-8(2)6-7-11(5)10(12)9(3)4;1-5(2)3-4-6;4-2-1-3(5)6/h8-9H,6-7H2,1-5H3;5-6H,3-4H2,1-2H3;4H,1-2H2,(H,5,6). The van der Waals surface area contributed by atoms with E-state index in [1.54, 1.807) is 0 Å². The van der Waals surface area contributed by atoms with E-state index in [-0.39, 0.29) is 24.9 Å². The van der Waals surface area contributed by atoms with Crippen LogP contribution in [0.2, 0.25) is 0 Å². The van der Waals surface area contributed by atoms with Crippen molar-refractivity contribution in [3.63, 3.8) is 0 Å². The molecule has 0 aromatic carbocycles. The van der Waals surface area contributed by atoms with Crippen LogP contribution in [-0.4, -0.2) is 58.9 Å². The first-order valence-corrected chi connectivity index (χ1v) is 8.67. The SMILES string of the molecule is CC(C)CCN(C)C(=O)C(C)C.CC(C)CCO.O=C(O)CCO. The predicted molar refractivity (Wildman–Crippen MR) is 97.8 cm³/mol. The number of nitrogens with zero attached hydrogens (tertiary/aromatic N) is 1. The van der Waals surface area contributed by atoms with E-state index in [4.69, 9.17) is 15.3 Å². The lowest BCUT2D eigenvalue weighted by atomic mass is 10.1. The number of hydrogen-bond acceptors (Lipinski definition) is 4. The van der Waals surface area contributed by atoms with Gasteiger partial charge in [0.1, 0.15) is 0 Å². The fraction of sp³-hybridized carbons (Fsp3) is 0.889. The normalized spacial score (nSPS) is 10.0. The Morgan fingerprint density at radius 3 is 1.50 bits per heavy atom. The monoisotopic (exact) mass is 349 g/mol. The quantitative estimate of drug-likeness (QED) is 0.626. The molecule has 0 spiro atoms. The Bertz CT molecular complexity index is 304. The van der Waals surface area contributed by atoms with Crippen molar-refractivity contribution in [3.05, 3.63) is 0 Å². The van der Waals surface area contributed by atoms with Gasteiger partial charge in [0, 0.05) is 26.1 Å². The summed E-state index contributed by atoms with van der Waals surface area (Å²) < 4.78 is 0. The number of hydrogen-bond donors (Lipinski definition) is 3. The van der Waals surface area contributed by atoms with E-state index in [9.17, 15) is 9.59 Å². The van der Waals surface area contributed by atoms with Gasteiger partial charge in [-0.05, 0) is 24.7 Å². The Kier molecular flexibility index (Phi) is 21.0. The molecule has 0 aliphatic heterocycles. The minimum Gasteiger partial charge on any atom is -0.481 e. The smallest absolute Gasteiger partial charge is 0.305 e. The van der Waals surface area contributed by atoms with E-state index >= 15 is 0 Å². The minimum atomic E-state index is -0.961. The van der Waals surface area contributed by atoms with Crippen LogP contribution in [-0.2, 0) is 9.59 Å². The molecule has 0 saturated heterocycles. The number of carboxylic acid groups (broad SMARTS) is 1. The fourth-order valence-corrected chi connectivity index (χ4v) is 1.36. The third-order valence-electron chi connectivity index (χ3n) is 2.94. The lowest BCUT2D eigenvalue weighted by Crippen LogP contribution is -2.31. The zero-order valence-corrected chi connectivity index (χ0v) is 16.6. The van der Waals surface area contributed by atoms with E-state index in [1.165, 1.54) is 0 Å². The van der Waals surface area contributed by atoms with Crippen LogP contribution in [0.4, 0.5) is 0 Å². The summed E-state index contributed by atoms with van der Waals surface area (Å²) in [5.74, 6) is 0.734. The zero-order valence-electron chi connectivity index (χ0n) is 16.6. The number of aliphatic hydroxyl groups excluding tert-OH is 2. The average molecular weight is 350 g/mol. The van der Waals surface area contributed by atoms with Gasteiger partial charge in [0.2, 0.25) is 5.91 Å². The molecule has 0 atom stereocenters. The Morgan fingerprint density at radius 1 is 0.875 bits per heavy atom. The van der Waals surface area contributed by atoms with Crippen LogP contribution in [0.1, 0.15) is 60.8 Å². The van der Waals surface area contributed by atoms with Crippen LogP contribution >= 0.6 is 0 Å². The first-order chi connectivity index (χ1) is 11.0. The molecule has 6 heteroatoms. The van der Waals surface area contributed by atoms with Gasteiger partial charge >= 0.3 is 5.97 Å². The van der Waals surface area contributed by atoms with Crippen molar-refractivity contribution in [3.8, 4) is 0 Å². The molecule has 24 heavy (non-hydrogen) atoms. The van der Waals surface area contributed by atoms with Gasteiger partial charge in [-0.25, -0.2) is 0 Å². The number of carbonyl (C=O) groups excluding carboxylic acids is 1. The van der Waals surface area contributed by atoms with Crippen LogP contribution in [0.25, 0.3) is 0 Å². The third-order valence-corrected chi connectivity index (χ3v) is 2.94. The maximum absolute atomic E-state index is 11.4. The van der Waals surface area contributed by atoms with Crippen molar-refractivity contribution in [2.75, 3.05) is 26.8 Å². The highest BCUT2D eigenvalue weighted by Crippen LogP contribution is 2.04. The van der Waals surface area contributed by atoms with Crippen LogP contribution in [0.5, 0.6) is 0 Å². The molecule has 0 aromatic heterocycles. The molecule has 0 radical (unpaired) electrons. The predicted octanol–water partition coefficient (Wildman–Crippen LogP) is 2.63. The Balaban J connectivity index is -0.000000309. The lowest BCUT2D eigenvalue weighted by molar-refractivity contribution is -0.137. The summed E-state index contributed by atoms with van der Waals surface area (Å²) in [5.41, 5.74) is 0. The van der Waals surface area contributed by atoms with Gasteiger partial charge in [0.15, 0.2) is 0 Å². The van der Waals surface area contributed by atoms with E-state index in [2.05, 4.69) is 27.7 Å². The molecular formula is C18H39NO5. The molecule has 0 aliphatic rings. The summed E-state index contributed by atoms with van der Waals surface area (Å²) in [6, 6.07) is 0. The van der Waals surface area contributed by atoms with Crippen LogP contribution in [0, 0.1) is 17.8 Å². The molecule has 0 fully saturated rings. The summed E-state index contributed by atoms with van der Waals surface area (Å²) in [5, 5.41) is 23.8. The second-order valence-corrected chi connectivity index (χ2v) is 6.87. The molecule has 0 aromatic rings. The molecule has 1 amide bonds. The largest absolute Gasteiger partial charge is 0.481 e. The minimum absolute atomic E-state index is 0.127. The number of rotatable bonds is 8. The van der Waals surface area contributed by atoms with Gasteiger partial charge in [-0.2, -0.15) is 0 Å². The average Bonchev–Trinajstić information content (AvgIpc) is 2.44. The van der Waals surface area contributed by atoms with Crippen molar-refractivity contribution in [2.45, 2.75) is 60.8 Å². The number of aliphatic hydroxyl groups is 2. The van der Waals surface area contributed by atoms with E-state index in [0.29, 0.717) is 18.4 Å². The highest BCUT2D eigenvalue weighted by molar-refractivity contribution is 5.77. The van der Waals surface area contributed by atoms with Gasteiger partial charge in [-0.3, -0.25) is 9.59 Å². The van der Waals surface area contributed by atoms with Crippen molar-refractivity contribution >= 4 is 11.9 Å². The Labute approximate surface area is 147 Å². The first-order valence-electron chi connectivity index (χ1n) is 8.67. The highest BCUT2D eigenvalue weighted by Gasteiger charge is 2.12. The number of carboxylic acids is 1. The molecule has 146 valence electrons. The summed E-state index contributed by atoms with van der Waals surface area (Å²) in [6.45, 7) is 13.4. The molecule has 0 heterocycles. The molecular weight excluding hydrogens is 310 g/mol. The van der Waals surface area contributed by atoms with Crippen LogP contribution < -0.4 is 0 Å². The van der Waals surface area contributed by atoms with Gasteiger partial charge in [0.25, 0.3) is 0 Å². The van der Waals surface area contributed by atoms with Crippen LogP contribution in [0.15, 0.2) is 0 Å². The van der Waals surface area contributed by atoms with Crippen molar-refractivity contribution in [1.82, 2.24) is 4.90 Å². The first kappa shape index (κ1) is 27.7. The summed E-state index contributed by atoms with van der Waals surface area (Å²) in [6.07, 6.45) is 1.87. The van der Waals surface area contributed by atoms with E-state index in [0.717, 1.165) is 19.4 Å². The van der Waals surface area contributed by atoms with E-state index < -0.39 is 5.97 Å². The fourth-order valence-electron chi connectivity index (χ4n) is 1.36. The zero-order chi connectivity index (χ0) is 19.7. The molecule has 6 nitrogen and oxygen atoms in total. The number of aliphatic carboxylic acids is 1. The molecule has 0 unspecified atom stereocenters. The van der Waals surface area contributed by atoms with Crippen molar-refractivity contribution < 1.29 is 24.9 Å². The van der Waals surface area contributed by atoms with Crippen molar-refractivity contribution in [2.24, 2.45) is 17.8 Å². The molecule has 0 saturated carbocycles. The maximum atomic E-state index is 11.4. The Morgan fingerprint density at radius 2 is 1.33 bits per heavy atom. The maximum Gasteiger partial charge on any atom is 0.305 e. The second kappa shape index (κ2) is 18.2. The third kappa shape index (κ3) is 25.8. The van der Waals surface area contributed by atoms with Gasteiger partial charge in [0.05, 0.1) is 13.0 Å².